The fourth-order valence-corrected chi connectivity index (χ4v) is 1.19. The number of halogens is 1. The highest BCUT2D eigenvalue weighted by Crippen LogP contribution is 2.10. The highest BCUT2D eigenvalue weighted by atomic mass is 79.9. The summed E-state index contributed by atoms with van der Waals surface area (Å²) in [6.45, 7) is 3.35. The van der Waals surface area contributed by atoms with Gasteiger partial charge in [-0.1, -0.05) is 40.2 Å². The van der Waals surface area contributed by atoms with Gasteiger partial charge in [0, 0.05) is 4.47 Å². The second-order valence-electron chi connectivity index (χ2n) is 2.71. The second-order valence-corrected chi connectivity index (χ2v) is 3.63. The highest BCUT2D eigenvalue weighted by molar-refractivity contribution is 9.10. The molecule has 0 bridgehead atoms. The lowest BCUT2D eigenvalue weighted by atomic mass is 10.2. The van der Waals surface area contributed by atoms with E-state index in [1.807, 2.05) is 31.2 Å². The molecule has 1 aromatic rings. The maximum Gasteiger partial charge on any atom is 0.0721 e. The van der Waals surface area contributed by atoms with Gasteiger partial charge in [0.05, 0.1) is 13.2 Å². The Bertz CT molecular complexity index is 264. The lowest BCUT2D eigenvalue weighted by Gasteiger charge is -2.01. The van der Waals surface area contributed by atoms with Crippen molar-refractivity contribution in [2.75, 3.05) is 6.61 Å². The average Bonchev–Trinajstić information content (AvgIpc) is 2.15. The van der Waals surface area contributed by atoms with Gasteiger partial charge in [0.2, 0.25) is 0 Å². The Morgan fingerprint density at radius 3 is 2.62 bits per heavy atom. The molecule has 2 heteroatoms. The van der Waals surface area contributed by atoms with E-state index in [2.05, 4.69) is 28.1 Å². The van der Waals surface area contributed by atoms with Gasteiger partial charge in [-0.25, -0.2) is 0 Å². The summed E-state index contributed by atoms with van der Waals surface area (Å²) >= 11 is 3.39. The van der Waals surface area contributed by atoms with Gasteiger partial charge in [-0.3, -0.25) is 0 Å². The van der Waals surface area contributed by atoms with Crippen molar-refractivity contribution in [3.8, 4) is 0 Å². The summed E-state index contributed by atoms with van der Waals surface area (Å²) in [7, 11) is 0. The lowest BCUT2D eigenvalue weighted by Crippen LogP contribution is -1.91. The first kappa shape index (κ1) is 10.5. The van der Waals surface area contributed by atoms with Crippen LogP contribution in [0.25, 0.3) is 0 Å². The largest absolute Gasteiger partial charge is 0.373 e. The molecule has 1 aromatic carbocycles. The Kier molecular flexibility index (Phi) is 4.79. The normalized spacial score (nSPS) is 10.9. The smallest absolute Gasteiger partial charge is 0.0721 e. The monoisotopic (exact) mass is 240 g/mol. The van der Waals surface area contributed by atoms with E-state index in [0.29, 0.717) is 13.2 Å². The maximum atomic E-state index is 5.40. The molecule has 0 aliphatic carbocycles. The average molecular weight is 241 g/mol. The Hall–Kier alpha value is -0.600. The standard InChI is InChI=1S/C11H13BrO/c1-2-3-8-13-9-10-4-6-11(12)7-5-10/h2-7H,8-9H2,1H3. The van der Waals surface area contributed by atoms with Crippen molar-refractivity contribution in [3.63, 3.8) is 0 Å². The molecule has 0 radical (unpaired) electrons. The fraction of sp³-hybridized carbons (Fsp3) is 0.273. The summed E-state index contributed by atoms with van der Waals surface area (Å²) in [6, 6.07) is 8.15. The van der Waals surface area contributed by atoms with Crippen molar-refractivity contribution in [1.29, 1.82) is 0 Å². The van der Waals surface area contributed by atoms with E-state index in [1.165, 1.54) is 5.56 Å². The first-order valence-electron chi connectivity index (χ1n) is 4.26. The zero-order valence-electron chi connectivity index (χ0n) is 7.66. The van der Waals surface area contributed by atoms with Gasteiger partial charge >= 0.3 is 0 Å². The molecule has 0 aliphatic rings. The van der Waals surface area contributed by atoms with Gasteiger partial charge in [-0.15, -0.1) is 0 Å². The van der Waals surface area contributed by atoms with Crippen LogP contribution in [0, 0.1) is 0 Å². The van der Waals surface area contributed by atoms with Crippen LogP contribution in [0.2, 0.25) is 0 Å². The summed E-state index contributed by atoms with van der Waals surface area (Å²) in [4.78, 5) is 0. The molecule has 70 valence electrons. The molecule has 0 aliphatic heterocycles. The summed E-state index contributed by atoms with van der Waals surface area (Å²) in [5.74, 6) is 0. The van der Waals surface area contributed by atoms with Gasteiger partial charge in [-0.2, -0.15) is 0 Å². The van der Waals surface area contributed by atoms with Crippen LogP contribution in [0.1, 0.15) is 12.5 Å². The molecule has 13 heavy (non-hydrogen) atoms. The Morgan fingerprint density at radius 2 is 2.00 bits per heavy atom. The molecular formula is C11H13BrO. The Balaban J connectivity index is 2.33. The van der Waals surface area contributed by atoms with Gasteiger partial charge in [-0.05, 0) is 24.6 Å². The summed E-state index contributed by atoms with van der Waals surface area (Å²) in [5, 5.41) is 0. The molecule has 0 spiro atoms. The second kappa shape index (κ2) is 5.95. The maximum absolute atomic E-state index is 5.40. The van der Waals surface area contributed by atoms with Crippen molar-refractivity contribution < 1.29 is 4.74 Å². The van der Waals surface area contributed by atoms with E-state index >= 15 is 0 Å². The third-order valence-corrected chi connectivity index (χ3v) is 2.16. The molecule has 0 amide bonds. The molecule has 0 unspecified atom stereocenters. The summed E-state index contributed by atoms with van der Waals surface area (Å²) in [6.07, 6.45) is 3.99. The number of benzene rings is 1. The summed E-state index contributed by atoms with van der Waals surface area (Å²) in [5.41, 5.74) is 1.20. The van der Waals surface area contributed by atoms with E-state index in [4.69, 9.17) is 4.74 Å². The molecular weight excluding hydrogens is 228 g/mol. The zero-order chi connectivity index (χ0) is 9.52. The molecule has 1 rings (SSSR count). The van der Waals surface area contributed by atoms with Crippen LogP contribution in [-0.4, -0.2) is 6.61 Å². The number of hydrogen-bond acceptors (Lipinski definition) is 1. The van der Waals surface area contributed by atoms with E-state index < -0.39 is 0 Å². The third-order valence-electron chi connectivity index (χ3n) is 1.63. The van der Waals surface area contributed by atoms with E-state index in [9.17, 15) is 0 Å². The molecule has 0 atom stereocenters. The van der Waals surface area contributed by atoms with Gasteiger partial charge < -0.3 is 4.74 Å². The number of hydrogen-bond donors (Lipinski definition) is 0. The molecule has 0 aromatic heterocycles. The van der Waals surface area contributed by atoms with Crippen molar-refractivity contribution in [1.82, 2.24) is 0 Å². The van der Waals surface area contributed by atoms with Gasteiger partial charge in [0.15, 0.2) is 0 Å². The van der Waals surface area contributed by atoms with Gasteiger partial charge in [0.25, 0.3) is 0 Å². The SMILES string of the molecule is CC=CCOCc1ccc(Br)cc1. The number of rotatable bonds is 4. The minimum absolute atomic E-state index is 0.678. The predicted octanol–water partition coefficient (Wildman–Crippen LogP) is 3.54. The summed E-state index contributed by atoms with van der Waals surface area (Å²) < 4.78 is 6.50. The lowest BCUT2D eigenvalue weighted by molar-refractivity contribution is 0.148. The van der Waals surface area contributed by atoms with Crippen LogP contribution in [0.15, 0.2) is 40.9 Å². The quantitative estimate of drug-likeness (QED) is 0.578. The van der Waals surface area contributed by atoms with Crippen molar-refractivity contribution in [3.05, 3.63) is 46.5 Å². The van der Waals surface area contributed by atoms with Crippen molar-refractivity contribution in [2.24, 2.45) is 0 Å². The predicted molar refractivity (Wildman–Crippen MR) is 58.6 cm³/mol. The van der Waals surface area contributed by atoms with E-state index in [1.54, 1.807) is 0 Å². The Labute approximate surface area is 87.5 Å². The molecule has 0 saturated carbocycles. The van der Waals surface area contributed by atoms with Crippen LogP contribution in [-0.2, 0) is 11.3 Å². The fourth-order valence-electron chi connectivity index (χ4n) is 0.922. The van der Waals surface area contributed by atoms with Gasteiger partial charge in [0.1, 0.15) is 0 Å². The topological polar surface area (TPSA) is 9.23 Å². The number of allylic oxidation sites excluding steroid dienone is 1. The van der Waals surface area contributed by atoms with E-state index in [0.717, 1.165) is 4.47 Å². The van der Waals surface area contributed by atoms with Crippen molar-refractivity contribution >= 4 is 15.9 Å². The molecule has 0 saturated heterocycles. The Morgan fingerprint density at radius 1 is 1.31 bits per heavy atom. The molecule has 0 fully saturated rings. The highest BCUT2D eigenvalue weighted by Gasteiger charge is 1.91. The van der Waals surface area contributed by atoms with Crippen LogP contribution in [0.5, 0.6) is 0 Å². The molecule has 1 nitrogen and oxygen atoms in total. The molecule has 0 heterocycles. The van der Waals surface area contributed by atoms with Crippen LogP contribution in [0.3, 0.4) is 0 Å². The van der Waals surface area contributed by atoms with Crippen LogP contribution < -0.4 is 0 Å². The van der Waals surface area contributed by atoms with E-state index in [-0.39, 0.29) is 0 Å². The first-order chi connectivity index (χ1) is 6.33. The zero-order valence-corrected chi connectivity index (χ0v) is 9.25. The van der Waals surface area contributed by atoms with Crippen LogP contribution >= 0.6 is 15.9 Å². The van der Waals surface area contributed by atoms with Crippen LogP contribution in [0.4, 0.5) is 0 Å². The third kappa shape index (κ3) is 4.25. The minimum Gasteiger partial charge on any atom is -0.373 e. The first-order valence-corrected chi connectivity index (χ1v) is 5.05. The minimum atomic E-state index is 0.678. The van der Waals surface area contributed by atoms with Crippen molar-refractivity contribution in [2.45, 2.75) is 13.5 Å². The molecule has 0 N–H and O–H groups in total. The number of ether oxygens (including phenoxy) is 1.